The zero-order valence-electron chi connectivity index (χ0n) is 10.2. The van der Waals surface area contributed by atoms with Crippen LogP contribution in [0.25, 0.3) is 0 Å². The highest BCUT2D eigenvalue weighted by Crippen LogP contribution is 2.31. The molecule has 2 nitrogen and oxygen atoms in total. The summed E-state index contributed by atoms with van der Waals surface area (Å²) in [5.41, 5.74) is 7.58. The van der Waals surface area contributed by atoms with Gasteiger partial charge in [0.05, 0.1) is 10.7 Å². The minimum absolute atomic E-state index is 0.0399. The van der Waals surface area contributed by atoms with Crippen LogP contribution in [0.2, 0.25) is 5.02 Å². The molecule has 2 rings (SSSR count). The van der Waals surface area contributed by atoms with E-state index in [1.54, 1.807) is 18.2 Å². The number of halogens is 3. The summed E-state index contributed by atoms with van der Waals surface area (Å²) < 4.78 is 20.1. The first kappa shape index (κ1) is 14.2. The van der Waals surface area contributed by atoms with E-state index in [1.165, 1.54) is 6.07 Å². The summed E-state index contributed by atoms with van der Waals surface area (Å²) in [5, 5.41) is 0.341. The molecule has 0 aromatic heterocycles. The zero-order chi connectivity index (χ0) is 14.0. The van der Waals surface area contributed by atoms with Crippen molar-refractivity contribution in [2.45, 2.75) is 13.5 Å². The van der Waals surface area contributed by atoms with Crippen LogP contribution >= 0.6 is 27.5 Å². The molecule has 0 aliphatic rings. The fourth-order valence-electron chi connectivity index (χ4n) is 1.77. The monoisotopic (exact) mass is 343 g/mol. The van der Waals surface area contributed by atoms with Crippen LogP contribution in [0.5, 0.6) is 5.75 Å². The summed E-state index contributed by atoms with van der Waals surface area (Å²) in [6.45, 7) is 1.91. The molecule has 5 heteroatoms. The normalized spacial score (nSPS) is 10.5. The van der Waals surface area contributed by atoms with E-state index in [4.69, 9.17) is 22.1 Å². The Morgan fingerprint density at radius 3 is 2.74 bits per heavy atom. The summed E-state index contributed by atoms with van der Waals surface area (Å²) in [4.78, 5) is 0. The summed E-state index contributed by atoms with van der Waals surface area (Å²) in [6.07, 6.45) is 0. The summed E-state index contributed by atoms with van der Waals surface area (Å²) >= 11 is 9.29. The van der Waals surface area contributed by atoms with Crippen molar-refractivity contribution in [2.24, 2.45) is 0 Å². The summed E-state index contributed by atoms with van der Waals surface area (Å²) in [5.74, 6) is 0.156. The molecule has 0 bridgehead atoms. The van der Waals surface area contributed by atoms with Crippen molar-refractivity contribution in [3.8, 4) is 5.75 Å². The van der Waals surface area contributed by atoms with E-state index < -0.39 is 0 Å². The van der Waals surface area contributed by atoms with Gasteiger partial charge in [0, 0.05) is 10.0 Å². The molecule has 0 spiro atoms. The van der Waals surface area contributed by atoms with E-state index in [1.807, 2.05) is 13.0 Å². The predicted molar refractivity (Wildman–Crippen MR) is 79.0 cm³/mol. The van der Waals surface area contributed by atoms with Crippen molar-refractivity contribution in [2.75, 3.05) is 5.73 Å². The third-order valence-electron chi connectivity index (χ3n) is 2.69. The van der Waals surface area contributed by atoms with Crippen molar-refractivity contribution >= 4 is 33.2 Å². The smallest absolute Gasteiger partial charge is 0.145 e. The Balaban J connectivity index is 2.24. The lowest BCUT2D eigenvalue weighted by molar-refractivity contribution is 0.299. The van der Waals surface area contributed by atoms with E-state index >= 15 is 0 Å². The quantitative estimate of drug-likeness (QED) is 0.818. The standard InChI is InChI=1S/C14H12BrClFNO/c1-8-5-9(15)6-13(18)14(8)19-7-10-11(16)3-2-4-12(10)17/h2-6H,7,18H2,1H3. The highest BCUT2D eigenvalue weighted by Gasteiger charge is 2.11. The first-order chi connectivity index (χ1) is 8.99. The van der Waals surface area contributed by atoms with Crippen molar-refractivity contribution < 1.29 is 9.13 Å². The van der Waals surface area contributed by atoms with Crippen molar-refractivity contribution in [3.05, 3.63) is 56.8 Å². The van der Waals surface area contributed by atoms with Gasteiger partial charge in [-0.15, -0.1) is 0 Å². The minimum Gasteiger partial charge on any atom is -0.486 e. The molecule has 2 aromatic carbocycles. The third-order valence-corrected chi connectivity index (χ3v) is 3.50. The molecular weight excluding hydrogens is 333 g/mol. The molecule has 2 N–H and O–H groups in total. The average Bonchev–Trinajstić information content (AvgIpc) is 2.31. The zero-order valence-corrected chi connectivity index (χ0v) is 12.6. The Morgan fingerprint density at radius 2 is 2.11 bits per heavy atom. The molecule has 19 heavy (non-hydrogen) atoms. The number of rotatable bonds is 3. The summed E-state index contributed by atoms with van der Waals surface area (Å²) in [6, 6.07) is 8.16. The fraction of sp³-hybridized carbons (Fsp3) is 0.143. The summed E-state index contributed by atoms with van der Waals surface area (Å²) in [7, 11) is 0. The van der Waals surface area contributed by atoms with Gasteiger partial charge in [-0.1, -0.05) is 33.6 Å². The van der Waals surface area contributed by atoms with Crippen LogP contribution in [0.3, 0.4) is 0 Å². The predicted octanol–water partition coefficient (Wildman–Crippen LogP) is 4.71. The Kier molecular flexibility index (Phi) is 4.32. The Labute approximate surface area is 124 Å². The molecule has 0 radical (unpaired) electrons. The molecular formula is C14H12BrClFNO. The maximum Gasteiger partial charge on any atom is 0.145 e. The van der Waals surface area contributed by atoms with Gasteiger partial charge in [0.15, 0.2) is 0 Å². The van der Waals surface area contributed by atoms with Gasteiger partial charge in [-0.3, -0.25) is 0 Å². The number of nitrogens with two attached hydrogens (primary N) is 1. The van der Waals surface area contributed by atoms with E-state index in [9.17, 15) is 4.39 Å². The van der Waals surface area contributed by atoms with Crippen molar-refractivity contribution in [1.82, 2.24) is 0 Å². The highest BCUT2D eigenvalue weighted by molar-refractivity contribution is 9.10. The van der Waals surface area contributed by atoms with Gasteiger partial charge in [-0.2, -0.15) is 0 Å². The van der Waals surface area contributed by atoms with Crippen LogP contribution < -0.4 is 10.5 Å². The molecule has 0 heterocycles. The number of aryl methyl sites for hydroxylation is 1. The molecule has 100 valence electrons. The maximum absolute atomic E-state index is 13.6. The van der Waals surface area contributed by atoms with Gasteiger partial charge in [0.1, 0.15) is 18.2 Å². The Bertz CT molecular complexity index is 575. The maximum atomic E-state index is 13.6. The van der Waals surface area contributed by atoms with Crippen LogP contribution in [0.15, 0.2) is 34.8 Å². The third kappa shape index (κ3) is 3.19. The topological polar surface area (TPSA) is 35.2 Å². The second-order valence-electron chi connectivity index (χ2n) is 4.13. The van der Waals surface area contributed by atoms with E-state index in [0.29, 0.717) is 22.0 Å². The fourth-order valence-corrected chi connectivity index (χ4v) is 2.58. The molecule has 0 unspecified atom stereocenters. The molecule has 0 fully saturated rings. The first-order valence-corrected chi connectivity index (χ1v) is 6.77. The van der Waals surface area contributed by atoms with E-state index in [2.05, 4.69) is 15.9 Å². The molecule has 0 amide bonds. The lowest BCUT2D eigenvalue weighted by atomic mass is 10.2. The van der Waals surface area contributed by atoms with Gasteiger partial charge >= 0.3 is 0 Å². The van der Waals surface area contributed by atoms with Crippen LogP contribution in [-0.2, 0) is 6.61 Å². The van der Waals surface area contributed by atoms with Gasteiger partial charge in [-0.05, 0) is 36.8 Å². The SMILES string of the molecule is Cc1cc(Br)cc(N)c1OCc1c(F)cccc1Cl. The van der Waals surface area contributed by atoms with Crippen LogP contribution in [0, 0.1) is 12.7 Å². The van der Waals surface area contributed by atoms with Crippen LogP contribution in [0.4, 0.5) is 10.1 Å². The number of ether oxygens (including phenoxy) is 1. The van der Waals surface area contributed by atoms with Crippen LogP contribution in [0.1, 0.15) is 11.1 Å². The van der Waals surface area contributed by atoms with Crippen molar-refractivity contribution in [1.29, 1.82) is 0 Å². The number of hydrogen-bond donors (Lipinski definition) is 1. The minimum atomic E-state index is -0.388. The molecule has 0 aliphatic heterocycles. The van der Waals surface area contributed by atoms with Gasteiger partial charge < -0.3 is 10.5 Å². The van der Waals surface area contributed by atoms with Crippen LogP contribution in [-0.4, -0.2) is 0 Å². The largest absolute Gasteiger partial charge is 0.486 e. The first-order valence-electron chi connectivity index (χ1n) is 5.60. The number of hydrogen-bond acceptors (Lipinski definition) is 2. The van der Waals surface area contributed by atoms with Gasteiger partial charge in [0.2, 0.25) is 0 Å². The van der Waals surface area contributed by atoms with Crippen molar-refractivity contribution in [3.63, 3.8) is 0 Å². The van der Waals surface area contributed by atoms with Gasteiger partial charge in [-0.25, -0.2) is 4.39 Å². The molecule has 0 saturated heterocycles. The average molecular weight is 345 g/mol. The lowest BCUT2D eigenvalue weighted by Gasteiger charge is -2.13. The molecule has 0 saturated carbocycles. The second kappa shape index (κ2) is 5.80. The molecule has 0 atom stereocenters. The second-order valence-corrected chi connectivity index (χ2v) is 5.45. The number of anilines is 1. The number of nitrogen functional groups attached to an aromatic ring is 1. The highest BCUT2D eigenvalue weighted by atomic mass is 79.9. The number of benzene rings is 2. The van der Waals surface area contributed by atoms with Gasteiger partial charge in [0.25, 0.3) is 0 Å². The van der Waals surface area contributed by atoms with E-state index in [0.717, 1.165) is 10.0 Å². The lowest BCUT2D eigenvalue weighted by Crippen LogP contribution is -2.03. The van der Waals surface area contributed by atoms with E-state index in [-0.39, 0.29) is 12.4 Å². The molecule has 2 aromatic rings. The molecule has 0 aliphatic carbocycles. The Morgan fingerprint density at radius 1 is 1.37 bits per heavy atom. The Hall–Kier alpha value is -1.26.